The molecule has 0 bridgehead atoms. The Morgan fingerprint density at radius 3 is 1.76 bits per heavy atom. The third-order valence-electron chi connectivity index (χ3n) is 11.5. The monoisotopic (exact) mass is 716 g/mol. The molecule has 0 amide bonds. The number of rotatable bonds is 4. The molecule has 0 aliphatic heterocycles. The second-order valence-corrected chi connectivity index (χ2v) is 15.6. The first kappa shape index (κ1) is 30.5. The predicted octanol–water partition coefficient (Wildman–Crippen LogP) is 14.7. The fraction of sp³-hybridized carbons (Fsp3) is 0. The topological polar surface area (TPSA) is 9.86 Å². The minimum atomic E-state index is 1.17. The molecule has 55 heavy (non-hydrogen) atoms. The Labute approximate surface area is 321 Å². The third kappa shape index (κ3) is 4.48. The molecule has 0 spiro atoms. The maximum absolute atomic E-state index is 2.53. The fourth-order valence-electron chi connectivity index (χ4n) is 9.14. The molecule has 0 N–H and O–H groups in total. The summed E-state index contributed by atoms with van der Waals surface area (Å²) in [6.07, 6.45) is 0. The van der Waals surface area contributed by atoms with Gasteiger partial charge < -0.3 is 9.13 Å². The normalized spacial score (nSPS) is 12.0. The van der Waals surface area contributed by atoms with Crippen molar-refractivity contribution in [3.05, 3.63) is 194 Å². The molecule has 3 aromatic heterocycles. The standard InChI is InChI=1S/C52H32N2S/c1-3-14-33(15-4-1)50-38-19-8-7-16-36(38)32-47-52(50)42-31-35(27-29-45(42)54(47)46-23-13-25-49-51(46)40-21-10-12-24-48(40)55-49)34-26-28-44-41(30-34)39-20-9-11-22-43(39)53(44)37-17-5-2-6-18-37/h1-32H. The lowest BCUT2D eigenvalue weighted by molar-refractivity contribution is 1.18. The van der Waals surface area contributed by atoms with Gasteiger partial charge in [0.25, 0.3) is 0 Å². The maximum Gasteiger partial charge on any atom is 0.0555 e. The van der Waals surface area contributed by atoms with E-state index >= 15 is 0 Å². The van der Waals surface area contributed by atoms with Gasteiger partial charge >= 0.3 is 0 Å². The molecule has 0 unspecified atom stereocenters. The van der Waals surface area contributed by atoms with E-state index in [1.165, 1.54) is 108 Å². The van der Waals surface area contributed by atoms with Crippen molar-refractivity contribution in [2.75, 3.05) is 0 Å². The van der Waals surface area contributed by atoms with E-state index in [0.717, 1.165) is 0 Å². The Morgan fingerprint density at radius 1 is 0.327 bits per heavy atom. The number of thiophene rings is 1. The SMILES string of the molecule is c1ccc(-c2c3ccccc3cc3c2c2cc(-c4ccc5c(c4)c4ccccc4n5-c4ccccc4)ccc2n3-c2cccc3sc4ccccc4c23)cc1. The average molecular weight is 717 g/mol. The second kappa shape index (κ2) is 11.8. The zero-order valence-corrected chi connectivity index (χ0v) is 30.6. The Hall–Kier alpha value is -6.94. The molecule has 256 valence electrons. The van der Waals surface area contributed by atoms with Crippen molar-refractivity contribution in [2.24, 2.45) is 0 Å². The van der Waals surface area contributed by atoms with Crippen molar-refractivity contribution in [2.45, 2.75) is 0 Å². The molecule has 0 aliphatic carbocycles. The van der Waals surface area contributed by atoms with Crippen molar-refractivity contribution in [3.63, 3.8) is 0 Å². The summed E-state index contributed by atoms with van der Waals surface area (Å²) in [5.41, 5.74) is 12.1. The molecular formula is C52H32N2S. The lowest BCUT2D eigenvalue weighted by Gasteiger charge is -2.13. The largest absolute Gasteiger partial charge is 0.309 e. The van der Waals surface area contributed by atoms with E-state index in [4.69, 9.17) is 0 Å². The van der Waals surface area contributed by atoms with Crippen molar-refractivity contribution < 1.29 is 0 Å². The average Bonchev–Trinajstić information content (AvgIpc) is 3.90. The van der Waals surface area contributed by atoms with Crippen LogP contribution >= 0.6 is 11.3 Å². The van der Waals surface area contributed by atoms with Gasteiger partial charge in [-0.3, -0.25) is 0 Å². The highest BCUT2D eigenvalue weighted by atomic mass is 32.1. The summed E-state index contributed by atoms with van der Waals surface area (Å²) in [4.78, 5) is 0. The molecule has 0 radical (unpaired) electrons. The maximum atomic E-state index is 2.53. The van der Waals surface area contributed by atoms with E-state index in [1.54, 1.807) is 0 Å². The molecule has 0 atom stereocenters. The zero-order chi connectivity index (χ0) is 36.0. The van der Waals surface area contributed by atoms with E-state index < -0.39 is 0 Å². The van der Waals surface area contributed by atoms with Crippen molar-refractivity contribution in [1.82, 2.24) is 9.13 Å². The van der Waals surface area contributed by atoms with Gasteiger partial charge in [0.15, 0.2) is 0 Å². The summed E-state index contributed by atoms with van der Waals surface area (Å²) < 4.78 is 7.53. The van der Waals surface area contributed by atoms with Gasteiger partial charge in [0.05, 0.1) is 27.8 Å². The van der Waals surface area contributed by atoms with Crippen LogP contribution in [0.25, 0.3) is 108 Å². The van der Waals surface area contributed by atoms with Crippen LogP contribution in [-0.2, 0) is 0 Å². The van der Waals surface area contributed by atoms with E-state index in [9.17, 15) is 0 Å². The first-order valence-corrected chi connectivity index (χ1v) is 19.7. The van der Waals surface area contributed by atoms with Crippen molar-refractivity contribution in [3.8, 4) is 33.6 Å². The molecule has 2 nitrogen and oxygen atoms in total. The van der Waals surface area contributed by atoms with Crippen LogP contribution in [0.3, 0.4) is 0 Å². The lowest BCUT2D eigenvalue weighted by Crippen LogP contribution is -1.95. The number of fused-ring (bicyclic) bond motifs is 10. The molecular weight excluding hydrogens is 685 g/mol. The van der Waals surface area contributed by atoms with E-state index in [2.05, 4.69) is 203 Å². The number of nitrogens with zero attached hydrogens (tertiary/aromatic N) is 2. The van der Waals surface area contributed by atoms with Crippen LogP contribution in [0, 0.1) is 0 Å². The summed E-state index contributed by atoms with van der Waals surface area (Å²) in [7, 11) is 0. The number of aromatic nitrogens is 2. The Balaban J connectivity index is 1.19. The van der Waals surface area contributed by atoms with Gasteiger partial charge in [-0.15, -0.1) is 11.3 Å². The highest BCUT2D eigenvalue weighted by molar-refractivity contribution is 7.25. The van der Waals surface area contributed by atoms with Crippen LogP contribution in [-0.4, -0.2) is 9.13 Å². The predicted molar refractivity (Wildman–Crippen MR) is 236 cm³/mol. The van der Waals surface area contributed by atoms with Crippen molar-refractivity contribution >= 4 is 85.9 Å². The van der Waals surface area contributed by atoms with Crippen LogP contribution < -0.4 is 0 Å². The lowest BCUT2D eigenvalue weighted by atomic mass is 9.92. The van der Waals surface area contributed by atoms with Gasteiger partial charge in [-0.1, -0.05) is 127 Å². The molecule has 3 heteroatoms. The van der Waals surface area contributed by atoms with Gasteiger partial charge in [-0.05, 0) is 99.8 Å². The quantitative estimate of drug-likeness (QED) is 0.172. The Bertz CT molecular complexity index is 3470. The molecule has 0 saturated heterocycles. The van der Waals surface area contributed by atoms with E-state index in [0.29, 0.717) is 0 Å². The number of benzene rings is 9. The molecule has 12 rings (SSSR count). The zero-order valence-electron chi connectivity index (χ0n) is 29.8. The molecule has 9 aromatic carbocycles. The molecule has 0 aliphatic rings. The van der Waals surface area contributed by atoms with E-state index in [1.807, 2.05) is 11.3 Å². The highest BCUT2D eigenvalue weighted by Gasteiger charge is 2.22. The van der Waals surface area contributed by atoms with E-state index in [-0.39, 0.29) is 0 Å². The highest BCUT2D eigenvalue weighted by Crippen LogP contribution is 2.46. The second-order valence-electron chi connectivity index (χ2n) is 14.5. The van der Waals surface area contributed by atoms with Gasteiger partial charge in [-0.25, -0.2) is 0 Å². The third-order valence-corrected chi connectivity index (χ3v) is 12.6. The summed E-state index contributed by atoms with van der Waals surface area (Å²) >= 11 is 1.87. The van der Waals surface area contributed by atoms with Crippen molar-refractivity contribution in [1.29, 1.82) is 0 Å². The number of hydrogen-bond acceptors (Lipinski definition) is 1. The summed E-state index contributed by atoms with van der Waals surface area (Å²) in [6.45, 7) is 0. The van der Waals surface area contributed by atoms with Crippen LogP contribution in [0.15, 0.2) is 194 Å². The summed E-state index contributed by atoms with van der Waals surface area (Å²) in [5, 5.41) is 10.2. The molecule has 0 fully saturated rings. The molecule has 3 heterocycles. The summed E-state index contributed by atoms with van der Waals surface area (Å²) in [5.74, 6) is 0. The fourth-order valence-corrected chi connectivity index (χ4v) is 10.3. The summed E-state index contributed by atoms with van der Waals surface area (Å²) in [6, 6.07) is 71.5. The number of hydrogen-bond donors (Lipinski definition) is 0. The Morgan fingerprint density at radius 2 is 0.945 bits per heavy atom. The molecule has 12 aromatic rings. The van der Waals surface area contributed by atoms with Crippen LogP contribution in [0.2, 0.25) is 0 Å². The van der Waals surface area contributed by atoms with Gasteiger partial charge in [-0.2, -0.15) is 0 Å². The van der Waals surface area contributed by atoms with Crippen LogP contribution in [0.4, 0.5) is 0 Å². The van der Waals surface area contributed by atoms with Gasteiger partial charge in [0, 0.05) is 47.4 Å². The van der Waals surface area contributed by atoms with Crippen LogP contribution in [0.5, 0.6) is 0 Å². The minimum Gasteiger partial charge on any atom is -0.309 e. The first-order valence-electron chi connectivity index (χ1n) is 18.9. The smallest absolute Gasteiger partial charge is 0.0555 e. The molecule has 0 saturated carbocycles. The Kier molecular flexibility index (Phi) is 6.54. The van der Waals surface area contributed by atoms with Gasteiger partial charge in [0.1, 0.15) is 0 Å². The van der Waals surface area contributed by atoms with Crippen LogP contribution in [0.1, 0.15) is 0 Å². The van der Waals surface area contributed by atoms with Gasteiger partial charge in [0.2, 0.25) is 0 Å². The first-order chi connectivity index (χ1) is 27.3. The minimum absolute atomic E-state index is 1.17. The number of para-hydroxylation sites is 2.